The average Bonchev–Trinajstić information content (AvgIpc) is 2.95. The van der Waals surface area contributed by atoms with Crippen LogP contribution in [0.25, 0.3) is 22.4 Å². The molecule has 3 rings (SSSR count). The quantitative estimate of drug-likeness (QED) is 0.661. The molecule has 3 aromatic rings. The summed E-state index contributed by atoms with van der Waals surface area (Å²) in [5, 5.41) is 1.06. The number of aromatic amines is 1. The van der Waals surface area contributed by atoms with Gasteiger partial charge in [-0.15, -0.1) is 0 Å². The van der Waals surface area contributed by atoms with E-state index in [0.717, 1.165) is 28.7 Å². The SMILES string of the molecule is O=Cc1ccc(-c2cc3ccccc3o2)[nH]1. The van der Waals surface area contributed by atoms with E-state index >= 15 is 0 Å². The number of fused-ring (bicyclic) bond motifs is 1. The number of aromatic nitrogens is 1. The molecule has 1 aromatic carbocycles. The Balaban J connectivity index is 2.14. The Hall–Kier alpha value is -2.29. The van der Waals surface area contributed by atoms with Gasteiger partial charge in [0, 0.05) is 5.39 Å². The van der Waals surface area contributed by atoms with Crippen molar-refractivity contribution in [2.24, 2.45) is 0 Å². The van der Waals surface area contributed by atoms with E-state index in [1.54, 1.807) is 6.07 Å². The van der Waals surface area contributed by atoms with Crippen molar-refractivity contribution >= 4 is 17.3 Å². The van der Waals surface area contributed by atoms with Crippen molar-refractivity contribution in [1.29, 1.82) is 0 Å². The van der Waals surface area contributed by atoms with Gasteiger partial charge in [-0.3, -0.25) is 4.79 Å². The maximum atomic E-state index is 10.6. The molecule has 0 atom stereocenters. The second-order valence-corrected chi connectivity index (χ2v) is 3.59. The third-order valence-corrected chi connectivity index (χ3v) is 2.53. The van der Waals surface area contributed by atoms with Crippen molar-refractivity contribution in [3.05, 3.63) is 48.2 Å². The van der Waals surface area contributed by atoms with Crippen LogP contribution in [0.1, 0.15) is 10.5 Å². The van der Waals surface area contributed by atoms with Crippen molar-refractivity contribution < 1.29 is 9.21 Å². The van der Waals surface area contributed by atoms with Crippen molar-refractivity contribution in [3.8, 4) is 11.5 Å². The molecule has 16 heavy (non-hydrogen) atoms. The Morgan fingerprint density at radius 3 is 2.75 bits per heavy atom. The van der Waals surface area contributed by atoms with Crippen molar-refractivity contribution in [2.45, 2.75) is 0 Å². The number of hydrogen-bond donors (Lipinski definition) is 1. The lowest BCUT2D eigenvalue weighted by molar-refractivity contribution is 0.111. The molecule has 3 heteroatoms. The van der Waals surface area contributed by atoms with Gasteiger partial charge in [0.25, 0.3) is 0 Å². The van der Waals surface area contributed by atoms with Gasteiger partial charge in [0.1, 0.15) is 5.58 Å². The van der Waals surface area contributed by atoms with Gasteiger partial charge in [-0.05, 0) is 24.3 Å². The molecular weight excluding hydrogens is 202 g/mol. The molecule has 0 saturated heterocycles. The minimum absolute atomic E-state index is 0.551. The zero-order valence-electron chi connectivity index (χ0n) is 8.44. The fourth-order valence-electron chi connectivity index (χ4n) is 1.74. The third kappa shape index (κ3) is 1.34. The van der Waals surface area contributed by atoms with E-state index in [1.807, 2.05) is 36.4 Å². The second kappa shape index (κ2) is 3.38. The molecule has 0 amide bonds. The molecule has 0 aliphatic carbocycles. The first kappa shape index (κ1) is 8.97. The predicted molar refractivity (Wildman–Crippen MR) is 61.4 cm³/mol. The molecule has 0 fully saturated rings. The number of aldehydes is 1. The molecule has 2 heterocycles. The van der Waals surface area contributed by atoms with Crippen LogP contribution in [-0.4, -0.2) is 11.3 Å². The number of hydrogen-bond acceptors (Lipinski definition) is 2. The zero-order valence-corrected chi connectivity index (χ0v) is 8.44. The van der Waals surface area contributed by atoms with E-state index in [0.29, 0.717) is 5.69 Å². The Morgan fingerprint density at radius 2 is 2.00 bits per heavy atom. The van der Waals surface area contributed by atoms with Crippen LogP contribution >= 0.6 is 0 Å². The second-order valence-electron chi connectivity index (χ2n) is 3.59. The summed E-state index contributed by atoms with van der Waals surface area (Å²) in [6.45, 7) is 0. The first-order chi connectivity index (χ1) is 7.86. The summed E-state index contributed by atoms with van der Waals surface area (Å²) in [6.07, 6.45) is 0.784. The van der Waals surface area contributed by atoms with E-state index in [-0.39, 0.29) is 0 Å². The van der Waals surface area contributed by atoms with Crippen LogP contribution in [0.4, 0.5) is 0 Å². The summed E-state index contributed by atoms with van der Waals surface area (Å²) in [4.78, 5) is 13.5. The number of rotatable bonds is 2. The highest BCUT2D eigenvalue weighted by Gasteiger charge is 2.07. The summed E-state index contributed by atoms with van der Waals surface area (Å²) < 4.78 is 5.66. The van der Waals surface area contributed by atoms with Crippen LogP contribution in [-0.2, 0) is 0 Å². The maximum absolute atomic E-state index is 10.6. The Kier molecular flexibility index (Phi) is 1.90. The zero-order chi connectivity index (χ0) is 11.0. The van der Waals surface area contributed by atoms with Gasteiger partial charge < -0.3 is 9.40 Å². The topological polar surface area (TPSA) is 46.0 Å². The predicted octanol–water partition coefficient (Wildman–Crippen LogP) is 3.24. The molecule has 0 saturated carbocycles. The molecular formula is C13H9NO2. The highest BCUT2D eigenvalue weighted by atomic mass is 16.3. The van der Waals surface area contributed by atoms with Crippen LogP contribution in [0, 0.1) is 0 Å². The summed E-state index contributed by atoms with van der Waals surface area (Å²) in [5.41, 5.74) is 2.22. The molecule has 0 spiro atoms. The fourth-order valence-corrected chi connectivity index (χ4v) is 1.74. The largest absolute Gasteiger partial charge is 0.455 e. The van der Waals surface area contributed by atoms with Gasteiger partial charge in [0.05, 0.1) is 11.4 Å². The van der Waals surface area contributed by atoms with Crippen molar-refractivity contribution in [3.63, 3.8) is 0 Å². The monoisotopic (exact) mass is 211 g/mol. The number of para-hydroxylation sites is 1. The normalized spacial score (nSPS) is 10.8. The van der Waals surface area contributed by atoms with E-state index in [9.17, 15) is 4.79 Å². The molecule has 0 bridgehead atoms. The van der Waals surface area contributed by atoms with Crippen LogP contribution in [0.5, 0.6) is 0 Å². The van der Waals surface area contributed by atoms with Crippen molar-refractivity contribution in [1.82, 2.24) is 4.98 Å². The number of H-pyrrole nitrogens is 1. The van der Waals surface area contributed by atoms with Gasteiger partial charge in [-0.2, -0.15) is 0 Å². The minimum Gasteiger partial charge on any atom is -0.455 e. The number of nitrogens with one attached hydrogen (secondary N) is 1. The molecule has 0 aliphatic heterocycles. The van der Waals surface area contributed by atoms with E-state index in [1.165, 1.54) is 0 Å². The van der Waals surface area contributed by atoms with Crippen LogP contribution in [0.15, 0.2) is 46.9 Å². The average molecular weight is 211 g/mol. The van der Waals surface area contributed by atoms with Gasteiger partial charge in [-0.1, -0.05) is 18.2 Å². The molecule has 3 nitrogen and oxygen atoms in total. The first-order valence-corrected chi connectivity index (χ1v) is 5.00. The molecule has 2 aromatic heterocycles. The molecule has 78 valence electrons. The third-order valence-electron chi connectivity index (χ3n) is 2.53. The highest BCUT2D eigenvalue weighted by Crippen LogP contribution is 2.26. The number of carbonyl (C=O) groups is 1. The highest BCUT2D eigenvalue weighted by molar-refractivity contribution is 5.83. The summed E-state index contributed by atoms with van der Waals surface area (Å²) in [7, 11) is 0. The lowest BCUT2D eigenvalue weighted by atomic mass is 10.2. The van der Waals surface area contributed by atoms with E-state index in [2.05, 4.69) is 4.98 Å². The summed E-state index contributed by atoms with van der Waals surface area (Å²) >= 11 is 0. The Morgan fingerprint density at radius 1 is 1.12 bits per heavy atom. The standard InChI is InChI=1S/C13H9NO2/c15-8-10-5-6-11(14-10)13-7-9-3-1-2-4-12(9)16-13/h1-8,14H. The van der Waals surface area contributed by atoms with E-state index < -0.39 is 0 Å². The van der Waals surface area contributed by atoms with Gasteiger partial charge in [-0.25, -0.2) is 0 Å². The van der Waals surface area contributed by atoms with E-state index in [4.69, 9.17) is 4.42 Å². The van der Waals surface area contributed by atoms with Gasteiger partial charge in [0.15, 0.2) is 12.0 Å². The number of benzene rings is 1. The number of furan rings is 1. The molecule has 1 N–H and O–H groups in total. The van der Waals surface area contributed by atoms with Crippen LogP contribution < -0.4 is 0 Å². The van der Waals surface area contributed by atoms with Crippen LogP contribution in [0.3, 0.4) is 0 Å². The minimum atomic E-state index is 0.551. The maximum Gasteiger partial charge on any atom is 0.166 e. The van der Waals surface area contributed by atoms with Crippen LogP contribution in [0.2, 0.25) is 0 Å². The van der Waals surface area contributed by atoms with Gasteiger partial charge in [0.2, 0.25) is 0 Å². The lowest BCUT2D eigenvalue weighted by Crippen LogP contribution is -1.77. The van der Waals surface area contributed by atoms with Crippen molar-refractivity contribution in [2.75, 3.05) is 0 Å². The Labute approximate surface area is 91.7 Å². The Bertz CT molecular complexity index is 616. The summed E-state index contributed by atoms with van der Waals surface area (Å²) in [5.74, 6) is 0.745. The molecule has 0 radical (unpaired) electrons. The smallest absolute Gasteiger partial charge is 0.166 e. The van der Waals surface area contributed by atoms with Gasteiger partial charge >= 0.3 is 0 Å². The number of carbonyl (C=O) groups excluding carboxylic acids is 1. The lowest BCUT2D eigenvalue weighted by Gasteiger charge is -1.89. The summed E-state index contributed by atoms with van der Waals surface area (Å²) in [6, 6.07) is 13.3. The fraction of sp³-hybridized carbons (Fsp3) is 0. The molecule has 0 unspecified atom stereocenters. The first-order valence-electron chi connectivity index (χ1n) is 5.00. The molecule has 0 aliphatic rings.